The van der Waals surface area contributed by atoms with Gasteiger partial charge in [0.1, 0.15) is 0 Å². The number of carbonyl (C=O) groups is 1. The molecule has 1 aromatic rings. The van der Waals surface area contributed by atoms with Crippen LogP contribution in [0.4, 0.5) is 0 Å². The third-order valence-corrected chi connectivity index (χ3v) is 6.68. The van der Waals surface area contributed by atoms with E-state index in [4.69, 9.17) is 4.74 Å². The highest BCUT2D eigenvalue weighted by Gasteiger charge is 2.28. The van der Waals surface area contributed by atoms with E-state index in [-0.39, 0.29) is 11.4 Å². The van der Waals surface area contributed by atoms with Crippen molar-refractivity contribution in [1.29, 1.82) is 0 Å². The van der Waals surface area contributed by atoms with Gasteiger partial charge >= 0.3 is 0 Å². The van der Waals surface area contributed by atoms with Crippen LogP contribution in [-0.4, -0.2) is 54.4 Å². The van der Waals surface area contributed by atoms with Crippen molar-refractivity contribution in [1.82, 2.24) is 10.2 Å². The second kappa shape index (κ2) is 9.25. The number of amides is 1. The fourth-order valence-corrected chi connectivity index (χ4v) is 4.86. The van der Waals surface area contributed by atoms with Crippen molar-refractivity contribution < 1.29 is 9.53 Å². The third kappa shape index (κ3) is 5.24. The molecule has 2 aliphatic heterocycles. The molecule has 1 atom stereocenters. The summed E-state index contributed by atoms with van der Waals surface area (Å²) in [6, 6.07) is 7.93. The molecule has 1 amide bonds. The molecule has 0 bridgehead atoms. The lowest BCUT2D eigenvalue weighted by Gasteiger charge is -2.41. The first-order valence-electron chi connectivity index (χ1n) is 9.93. The third-order valence-electron chi connectivity index (χ3n) is 5.47. The standard InChI is InChI=1S/C21H32N2O2S/c1-21(2,23-12-6-3-7-13-23)16-22-20(24)18-10-4-5-11-19(18)26-15-17-9-8-14-25-17/h4-5,10-11,17H,3,6-9,12-16H2,1-2H3,(H,22,24). The van der Waals surface area contributed by atoms with Gasteiger partial charge in [0, 0.05) is 29.3 Å². The van der Waals surface area contributed by atoms with E-state index in [0.717, 1.165) is 48.7 Å². The number of rotatable bonds is 7. The largest absolute Gasteiger partial charge is 0.377 e. The summed E-state index contributed by atoms with van der Waals surface area (Å²) in [5.41, 5.74) is 0.778. The Morgan fingerprint density at radius 1 is 1.23 bits per heavy atom. The van der Waals surface area contributed by atoms with E-state index < -0.39 is 0 Å². The molecule has 26 heavy (non-hydrogen) atoms. The van der Waals surface area contributed by atoms with Crippen molar-refractivity contribution in [2.24, 2.45) is 0 Å². The van der Waals surface area contributed by atoms with Crippen molar-refractivity contribution >= 4 is 17.7 Å². The summed E-state index contributed by atoms with van der Waals surface area (Å²) in [7, 11) is 0. The summed E-state index contributed by atoms with van der Waals surface area (Å²) < 4.78 is 5.71. The number of hydrogen-bond acceptors (Lipinski definition) is 4. The van der Waals surface area contributed by atoms with E-state index >= 15 is 0 Å². The quantitative estimate of drug-likeness (QED) is 0.732. The Kier molecular flexibility index (Phi) is 7.01. The molecular weight excluding hydrogens is 344 g/mol. The van der Waals surface area contributed by atoms with Gasteiger partial charge in [0.2, 0.25) is 0 Å². The molecule has 0 spiro atoms. The first-order valence-corrected chi connectivity index (χ1v) is 10.9. The van der Waals surface area contributed by atoms with Crippen LogP contribution < -0.4 is 5.32 Å². The van der Waals surface area contributed by atoms with Gasteiger partial charge in [-0.2, -0.15) is 0 Å². The van der Waals surface area contributed by atoms with Crippen molar-refractivity contribution in [3.63, 3.8) is 0 Å². The first-order chi connectivity index (χ1) is 12.6. The van der Waals surface area contributed by atoms with Gasteiger partial charge in [-0.25, -0.2) is 0 Å². The van der Waals surface area contributed by atoms with Crippen LogP contribution in [0.15, 0.2) is 29.2 Å². The topological polar surface area (TPSA) is 41.6 Å². The summed E-state index contributed by atoms with van der Waals surface area (Å²) in [6.07, 6.45) is 6.47. The fourth-order valence-electron chi connectivity index (χ4n) is 3.74. The van der Waals surface area contributed by atoms with Crippen LogP contribution in [-0.2, 0) is 4.74 Å². The minimum atomic E-state index is -0.00411. The SMILES string of the molecule is CC(C)(CNC(=O)c1ccccc1SCC1CCCO1)N1CCCCC1. The molecule has 4 nitrogen and oxygen atoms in total. The van der Waals surface area contributed by atoms with Gasteiger partial charge < -0.3 is 10.1 Å². The van der Waals surface area contributed by atoms with Crippen LogP contribution in [0.3, 0.4) is 0 Å². The van der Waals surface area contributed by atoms with E-state index in [0.29, 0.717) is 12.6 Å². The highest BCUT2D eigenvalue weighted by molar-refractivity contribution is 7.99. The lowest BCUT2D eigenvalue weighted by molar-refractivity contribution is 0.0795. The summed E-state index contributed by atoms with van der Waals surface area (Å²) in [5.74, 6) is 0.953. The number of benzene rings is 1. The first kappa shape index (κ1) is 19.7. The Labute approximate surface area is 162 Å². The van der Waals surface area contributed by atoms with Gasteiger partial charge in [0.05, 0.1) is 11.7 Å². The van der Waals surface area contributed by atoms with Crippen LogP contribution in [0.25, 0.3) is 0 Å². The Hall–Kier alpha value is -1.04. The molecule has 2 fully saturated rings. The van der Waals surface area contributed by atoms with E-state index in [1.54, 1.807) is 11.8 Å². The monoisotopic (exact) mass is 376 g/mol. The van der Waals surface area contributed by atoms with Crippen molar-refractivity contribution in [3.05, 3.63) is 29.8 Å². The molecule has 0 saturated carbocycles. The summed E-state index contributed by atoms with van der Waals surface area (Å²) in [4.78, 5) is 16.4. The number of thioether (sulfide) groups is 1. The molecule has 2 aliphatic rings. The maximum atomic E-state index is 12.8. The smallest absolute Gasteiger partial charge is 0.252 e. The number of nitrogens with one attached hydrogen (secondary N) is 1. The maximum Gasteiger partial charge on any atom is 0.252 e. The zero-order valence-electron chi connectivity index (χ0n) is 16.1. The number of hydrogen-bond donors (Lipinski definition) is 1. The fraction of sp³-hybridized carbons (Fsp3) is 0.667. The van der Waals surface area contributed by atoms with Crippen LogP contribution in [0.5, 0.6) is 0 Å². The zero-order valence-corrected chi connectivity index (χ0v) is 16.9. The molecule has 1 aromatic carbocycles. The molecule has 144 valence electrons. The second-order valence-electron chi connectivity index (χ2n) is 7.99. The molecule has 5 heteroatoms. The Bertz CT molecular complexity index is 593. The number of piperidine rings is 1. The van der Waals surface area contributed by atoms with Crippen LogP contribution in [0.1, 0.15) is 56.3 Å². The van der Waals surface area contributed by atoms with Gasteiger partial charge in [-0.3, -0.25) is 9.69 Å². The predicted molar refractivity (Wildman–Crippen MR) is 108 cm³/mol. The summed E-state index contributed by atoms with van der Waals surface area (Å²) >= 11 is 1.74. The van der Waals surface area contributed by atoms with Crippen molar-refractivity contribution in [2.45, 2.75) is 62.5 Å². The number of nitrogens with zero attached hydrogens (tertiary/aromatic N) is 1. The van der Waals surface area contributed by atoms with Gasteiger partial charge in [-0.05, 0) is 64.8 Å². The molecular formula is C21H32N2O2S. The minimum Gasteiger partial charge on any atom is -0.377 e. The maximum absolute atomic E-state index is 12.8. The predicted octanol–water partition coefficient (Wildman–Crippen LogP) is 3.95. The van der Waals surface area contributed by atoms with E-state index in [1.165, 1.54) is 19.3 Å². The number of carbonyl (C=O) groups excluding carboxylic acids is 1. The van der Waals surface area contributed by atoms with Crippen LogP contribution in [0, 0.1) is 0 Å². The average Bonchev–Trinajstić information content (AvgIpc) is 3.19. The van der Waals surface area contributed by atoms with Crippen molar-refractivity contribution in [2.75, 3.05) is 32.0 Å². The molecule has 1 unspecified atom stereocenters. The minimum absolute atomic E-state index is 0.00411. The highest BCUT2D eigenvalue weighted by Crippen LogP contribution is 2.27. The average molecular weight is 377 g/mol. The lowest BCUT2D eigenvalue weighted by atomic mass is 9.98. The Morgan fingerprint density at radius 3 is 2.73 bits per heavy atom. The number of likely N-dealkylation sites (tertiary alicyclic amines) is 1. The normalized spacial score (nSPS) is 21.7. The lowest BCUT2D eigenvalue weighted by Crippen LogP contribution is -2.53. The van der Waals surface area contributed by atoms with E-state index in [1.807, 2.05) is 24.3 Å². The van der Waals surface area contributed by atoms with Crippen molar-refractivity contribution in [3.8, 4) is 0 Å². The van der Waals surface area contributed by atoms with E-state index in [2.05, 4.69) is 24.1 Å². The van der Waals surface area contributed by atoms with Crippen LogP contribution in [0.2, 0.25) is 0 Å². The zero-order chi connectivity index (χ0) is 18.4. The Morgan fingerprint density at radius 2 is 2.00 bits per heavy atom. The van der Waals surface area contributed by atoms with Crippen LogP contribution >= 0.6 is 11.8 Å². The molecule has 0 aliphatic carbocycles. The highest BCUT2D eigenvalue weighted by atomic mass is 32.2. The molecule has 2 saturated heterocycles. The molecule has 1 N–H and O–H groups in total. The second-order valence-corrected chi connectivity index (χ2v) is 9.05. The summed E-state index contributed by atoms with van der Waals surface area (Å²) in [5, 5.41) is 3.18. The van der Waals surface area contributed by atoms with Gasteiger partial charge in [-0.15, -0.1) is 11.8 Å². The molecule has 0 aromatic heterocycles. The Balaban J connectivity index is 1.56. The molecule has 2 heterocycles. The van der Waals surface area contributed by atoms with E-state index in [9.17, 15) is 4.79 Å². The molecule has 0 radical (unpaired) electrons. The van der Waals surface area contributed by atoms with Gasteiger partial charge in [-0.1, -0.05) is 18.6 Å². The molecule has 3 rings (SSSR count). The summed E-state index contributed by atoms with van der Waals surface area (Å²) in [6.45, 7) is 8.29. The van der Waals surface area contributed by atoms with Gasteiger partial charge in [0.25, 0.3) is 5.91 Å². The number of ether oxygens (including phenoxy) is 1. The van der Waals surface area contributed by atoms with Gasteiger partial charge in [0.15, 0.2) is 0 Å².